The number of carbonyl (C=O) groups is 1. The zero-order chi connectivity index (χ0) is 12.4. The van der Waals surface area contributed by atoms with Gasteiger partial charge in [0.15, 0.2) is 0 Å². The van der Waals surface area contributed by atoms with Crippen molar-refractivity contribution >= 4 is 27.5 Å². The average Bonchev–Trinajstić information content (AvgIpc) is 2.68. The molecular weight excluding hydrogens is 284 g/mol. The van der Waals surface area contributed by atoms with Gasteiger partial charge in [0.25, 0.3) is 5.91 Å². The highest BCUT2D eigenvalue weighted by Gasteiger charge is 2.13. The molecule has 0 bridgehead atoms. The second kappa shape index (κ2) is 4.71. The van der Waals surface area contributed by atoms with Gasteiger partial charge in [0.05, 0.1) is 5.69 Å². The monoisotopic (exact) mass is 294 g/mol. The Morgan fingerprint density at radius 2 is 2.18 bits per heavy atom. The first-order valence-corrected chi connectivity index (χ1v) is 5.85. The van der Waals surface area contributed by atoms with Crippen LogP contribution in [0.4, 0.5) is 5.69 Å². The Balaban J connectivity index is 2.22. The molecule has 0 spiro atoms. The van der Waals surface area contributed by atoms with E-state index in [1.165, 1.54) is 6.26 Å². The number of hydrogen-bond donors (Lipinski definition) is 1. The summed E-state index contributed by atoms with van der Waals surface area (Å²) >= 11 is 3.38. The fraction of sp³-hybridized carbons (Fsp3) is 0.167. The smallest absolute Gasteiger partial charge is 0.260 e. The highest BCUT2D eigenvalue weighted by Crippen LogP contribution is 2.21. The maximum absolute atomic E-state index is 11.9. The van der Waals surface area contributed by atoms with E-state index in [0.717, 1.165) is 15.7 Å². The highest BCUT2D eigenvalue weighted by atomic mass is 79.9. The third-order valence-electron chi connectivity index (χ3n) is 2.43. The predicted molar refractivity (Wildman–Crippen MR) is 68.1 cm³/mol. The van der Waals surface area contributed by atoms with Crippen LogP contribution in [0.3, 0.4) is 0 Å². The summed E-state index contributed by atoms with van der Waals surface area (Å²) in [4.78, 5) is 11.9. The summed E-state index contributed by atoms with van der Waals surface area (Å²) in [7, 11) is 0. The summed E-state index contributed by atoms with van der Waals surface area (Å²) in [5.41, 5.74) is 2.80. The second-order valence-corrected chi connectivity index (χ2v) is 4.64. The van der Waals surface area contributed by atoms with Crippen LogP contribution in [-0.2, 0) is 0 Å². The van der Waals surface area contributed by atoms with Crippen LogP contribution >= 0.6 is 15.9 Å². The van der Waals surface area contributed by atoms with Gasteiger partial charge < -0.3 is 9.84 Å². The SMILES string of the molecule is Cc1cc(Br)ccc1NC(=O)c1conc1C. The van der Waals surface area contributed by atoms with E-state index in [4.69, 9.17) is 4.52 Å². The number of anilines is 1. The first-order chi connectivity index (χ1) is 8.08. The average molecular weight is 295 g/mol. The minimum Gasteiger partial charge on any atom is -0.364 e. The zero-order valence-electron chi connectivity index (χ0n) is 9.45. The number of nitrogens with one attached hydrogen (secondary N) is 1. The molecule has 0 aliphatic heterocycles. The lowest BCUT2D eigenvalue weighted by Gasteiger charge is -2.07. The molecule has 0 saturated heterocycles. The van der Waals surface area contributed by atoms with Crippen LogP contribution in [0.25, 0.3) is 0 Å². The van der Waals surface area contributed by atoms with Crippen molar-refractivity contribution in [3.8, 4) is 0 Å². The largest absolute Gasteiger partial charge is 0.364 e. The third kappa shape index (κ3) is 2.55. The molecule has 0 aliphatic rings. The zero-order valence-corrected chi connectivity index (χ0v) is 11.0. The van der Waals surface area contributed by atoms with E-state index in [-0.39, 0.29) is 5.91 Å². The van der Waals surface area contributed by atoms with Crippen LogP contribution in [-0.4, -0.2) is 11.1 Å². The molecule has 1 heterocycles. The number of benzene rings is 1. The first kappa shape index (κ1) is 11.9. The number of nitrogens with zero attached hydrogens (tertiary/aromatic N) is 1. The van der Waals surface area contributed by atoms with Gasteiger partial charge in [-0.1, -0.05) is 21.1 Å². The van der Waals surface area contributed by atoms with E-state index < -0.39 is 0 Å². The van der Waals surface area contributed by atoms with Crippen molar-refractivity contribution in [2.45, 2.75) is 13.8 Å². The van der Waals surface area contributed by atoms with E-state index >= 15 is 0 Å². The maximum Gasteiger partial charge on any atom is 0.260 e. The molecule has 0 fully saturated rings. The third-order valence-corrected chi connectivity index (χ3v) is 2.92. The number of halogens is 1. The lowest BCUT2D eigenvalue weighted by atomic mass is 10.2. The first-order valence-electron chi connectivity index (χ1n) is 5.06. The van der Waals surface area contributed by atoms with E-state index in [1.807, 2.05) is 25.1 Å². The van der Waals surface area contributed by atoms with Crippen LogP contribution in [0.5, 0.6) is 0 Å². The van der Waals surface area contributed by atoms with E-state index in [0.29, 0.717) is 11.3 Å². The fourth-order valence-corrected chi connectivity index (χ4v) is 1.94. The van der Waals surface area contributed by atoms with E-state index in [9.17, 15) is 4.79 Å². The maximum atomic E-state index is 11.9. The lowest BCUT2D eigenvalue weighted by Crippen LogP contribution is -2.13. The fourth-order valence-electron chi connectivity index (χ4n) is 1.47. The van der Waals surface area contributed by atoms with Gasteiger partial charge in [0.1, 0.15) is 11.8 Å². The van der Waals surface area contributed by atoms with Gasteiger partial charge in [-0.15, -0.1) is 0 Å². The number of hydrogen-bond acceptors (Lipinski definition) is 3. The minimum absolute atomic E-state index is 0.214. The van der Waals surface area contributed by atoms with Gasteiger partial charge in [-0.25, -0.2) is 0 Å². The summed E-state index contributed by atoms with van der Waals surface area (Å²) in [6.45, 7) is 3.66. The van der Waals surface area contributed by atoms with Crippen molar-refractivity contribution in [2.24, 2.45) is 0 Å². The molecule has 4 nitrogen and oxygen atoms in total. The Kier molecular flexibility index (Phi) is 3.28. The number of carbonyl (C=O) groups excluding carboxylic acids is 1. The highest BCUT2D eigenvalue weighted by molar-refractivity contribution is 9.10. The normalized spacial score (nSPS) is 10.3. The van der Waals surface area contributed by atoms with Gasteiger partial charge >= 0.3 is 0 Å². The molecular formula is C12H11BrN2O2. The molecule has 88 valence electrons. The van der Waals surface area contributed by atoms with Crippen LogP contribution in [0.2, 0.25) is 0 Å². The summed E-state index contributed by atoms with van der Waals surface area (Å²) in [5.74, 6) is -0.214. The molecule has 2 rings (SSSR count). The van der Waals surface area contributed by atoms with Crippen LogP contribution in [0.1, 0.15) is 21.6 Å². The summed E-state index contributed by atoms with van der Waals surface area (Å²) in [6, 6.07) is 5.67. The molecule has 0 unspecified atom stereocenters. The van der Waals surface area contributed by atoms with Gasteiger partial charge in [-0.05, 0) is 37.6 Å². The second-order valence-electron chi connectivity index (χ2n) is 3.73. The lowest BCUT2D eigenvalue weighted by molar-refractivity contribution is 0.102. The van der Waals surface area contributed by atoms with E-state index in [1.54, 1.807) is 6.92 Å². The predicted octanol–water partition coefficient (Wildman–Crippen LogP) is 3.31. The molecule has 0 aliphatic carbocycles. The molecule has 0 radical (unpaired) electrons. The summed E-state index contributed by atoms with van der Waals surface area (Å²) < 4.78 is 5.72. The van der Waals surface area contributed by atoms with Crippen molar-refractivity contribution < 1.29 is 9.32 Å². The Hall–Kier alpha value is -1.62. The minimum atomic E-state index is -0.214. The molecule has 2 aromatic rings. The number of aryl methyl sites for hydroxylation is 2. The summed E-state index contributed by atoms with van der Waals surface area (Å²) in [5, 5.41) is 6.49. The molecule has 1 amide bonds. The molecule has 0 saturated carbocycles. The standard InChI is InChI=1S/C12H11BrN2O2/c1-7-5-9(13)3-4-11(7)14-12(16)10-6-17-15-8(10)2/h3-6H,1-2H3,(H,14,16). The van der Waals surface area contributed by atoms with Crippen molar-refractivity contribution in [1.82, 2.24) is 5.16 Å². The molecule has 1 N–H and O–H groups in total. The molecule has 1 aromatic heterocycles. The quantitative estimate of drug-likeness (QED) is 0.924. The van der Waals surface area contributed by atoms with Gasteiger partial charge in [-0.3, -0.25) is 4.79 Å². The Morgan fingerprint density at radius 1 is 1.41 bits per heavy atom. The summed E-state index contributed by atoms with van der Waals surface area (Å²) in [6.07, 6.45) is 1.35. The van der Waals surface area contributed by atoms with Crippen LogP contribution in [0.15, 0.2) is 33.5 Å². The molecule has 0 atom stereocenters. The molecule has 5 heteroatoms. The van der Waals surface area contributed by atoms with Crippen molar-refractivity contribution in [3.63, 3.8) is 0 Å². The molecule has 17 heavy (non-hydrogen) atoms. The Morgan fingerprint density at radius 3 is 2.76 bits per heavy atom. The van der Waals surface area contributed by atoms with E-state index in [2.05, 4.69) is 26.4 Å². The Labute approximate surface area is 107 Å². The van der Waals surface area contributed by atoms with Gasteiger partial charge in [-0.2, -0.15) is 0 Å². The van der Waals surface area contributed by atoms with Crippen molar-refractivity contribution in [2.75, 3.05) is 5.32 Å². The van der Waals surface area contributed by atoms with Crippen molar-refractivity contribution in [3.05, 3.63) is 45.8 Å². The number of aromatic nitrogens is 1. The topological polar surface area (TPSA) is 55.1 Å². The van der Waals surface area contributed by atoms with Gasteiger partial charge in [0.2, 0.25) is 0 Å². The number of amides is 1. The molecule has 1 aromatic carbocycles. The number of rotatable bonds is 2. The van der Waals surface area contributed by atoms with Gasteiger partial charge in [0, 0.05) is 10.2 Å². The van der Waals surface area contributed by atoms with Crippen LogP contribution in [0, 0.1) is 13.8 Å². The van der Waals surface area contributed by atoms with Crippen molar-refractivity contribution in [1.29, 1.82) is 0 Å². The Bertz CT molecular complexity index is 563. The van der Waals surface area contributed by atoms with Crippen LogP contribution < -0.4 is 5.32 Å².